The summed E-state index contributed by atoms with van der Waals surface area (Å²) in [6.07, 6.45) is -0.906. The van der Waals surface area contributed by atoms with Crippen LogP contribution in [0.5, 0.6) is 0 Å². The van der Waals surface area contributed by atoms with Gasteiger partial charge in [-0.15, -0.1) is 13.2 Å². The van der Waals surface area contributed by atoms with Crippen LogP contribution in [0.25, 0.3) is 0 Å². The molecule has 4 fully saturated rings. The number of hydrogen-bond acceptors (Lipinski definition) is 6. The quantitative estimate of drug-likeness (QED) is 0.439. The van der Waals surface area contributed by atoms with E-state index in [1.807, 2.05) is 0 Å². The second-order valence-corrected chi connectivity index (χ2v) is 12.1. The summed E-state index contributed by atoms with van der Waals surface area (Å²) < 4.78 is 41.3. The van der Waals surface area contributed by atoms with Gasteiger partial charge in [0.25, 0.3) is 5.91 Å². The Labute approximate surface area is 213 Å². The molecule has 2 saturated carbocycles. The first-order valence-corrected chi connectivity index (χ1v) is 13.0. The molecule has 208 valence electrons. The van der Waals surface area contributed by atoms with Crippen LogP contribution in [0.2, 0.25) is 0 Å². The van der Waals surface area contributed by atoms with Crippen LogP contribution in [0.1, 0.15) is 71.6 Å². The lowest BCUT2D eigenvalue weighted by atomic mass is 9.70. The first-order chi connectivity index (χ1) is 17.1. The SMILES string of the molecule is CC1(C)CCC(O)(C(=O)N2CC3(CC3)C[C@H]2C(=O)N[C@@H](C[C@@H]2CCNC2=O)C(=O)COC(F)(F)F)CC1. The number of carbonyl (C=O) groups excluding carboxylic acids is 4. The van der Waals surface area contributed by atoms with Crippen molar-refractivity contribution < 1.29 is 42.2 Å². The summed E-state index contributed by atoms with van der Waals surface area (Å²) in [4.78, 5) is 53.1. The topological polar surface area (TPSA) is 125 Å². The third-order valence-corrected chi connectivity index (χ3v) is 8.62. The van der Waals surface area contributed by atoms with E-state index in [9.17, 15) is 37.5 Å². The van der Waals surface area contributed by atoms with Crippen LogP contribution in [-0.2, 0) is 23.9 Å². The van der Waals surface area contributed by atoms with E-state index < -0.39 is 54.2 Å². The predicted molar refractivity (Wildman–Crippen MR) is 124 cm³/mol. The van der Waals surface area contributed by atoms with Crippen LogP contribution in [0.4, 0.5) is 13.2 Å². The van der Waals surface area contributed by atoms with Crippen LogP contribution in [0.3, 0.4) is 0 Å². The first-order valence-electron chi connectivity index (χ1n) is 13.0. The zero-order chi connectivity index (χ0) is 27.2. The lowest BCUT2D eigenvalue weighted by molar-refractivity contribution is -0.321. The molecule has 0 bridgehead atoms. The van der Waals surface area contributed by atoms with E-state index in [1.54, 1.807) is 0 Å². The molecule has 12 heteroatoms. The second-order valence-electron chi connectivity index (χ2n) is 12.1. The van der Waals surface area contributed by atoms with E-state index in [2.05, 4.69) is 29.2 Å². The Morgan fingerprint density at radius 3 is 2.35 bits per heavy atom. The molecule has 2 aliphatic heterocycles. The maximum absolute atomic E-state index is 13.5. The molecule has 2 saturated heterocycles. The fraction of sp³-hybridized carbons (Fsp3) is 0.840. The van der Waals surface area contributed by atoms with Crippen molar-refractivity contribution in [3.8, 4) is 0 Å². The van der Waals surface area contributed by atoms with Crippen molar-refractivity contribution in [2.24, 2.45) is 16.7 Å². The van der Waals surface area contributed by atoms with Crippen molar-refractivity contribution in [2.45, 2.75) is 95.7 Å². The summed E-state index contributed by atoms with van der Waals surface area (Å²) in [6, 6.07) is -2.33. The molecule has 37 heavy (non-hydrogen) atoms. The lowest BCUT2D eigenvalue weighted by Gasteiger charge is -2.41. The van der Waals surface area contributed by atoms with Crippen molar-refractivity contribution in [3.63, 3.8) is 0 Å². The highest BCUT2D eigenvalue weighted by atomic mass is 19.4. The van der Waals surface area contributed by atoms with E-state index >= 15 is 0 Å². The highest BCUT2D eigenvalue weighted by Crippen LogP contribution is 2.55. The van der Waals surface area contributed by atoms with Gasteiger partial charge in [0.2, 0.25) is 11.8 Å². The Bertz CT molecular complexity index is 938. The number of Topliss-reactive ketones (excluding diaryl/α,β-unsaturated/α-hetero) is 1. The third-order valence-electron chi connectivity index (χ3n) is 8.62. The number of carbonyl (C=O) groups is 4. The molecule has 0 aromatic rings. The minimum absolute atomic E-state index is 0.00457. The second kappa shape index (κ2) is 9.83. The smallest absolute Gasteiger partial charge is 0.380 e. The summed E-state index contributed by atoms with van der Waals surface area (Å²) in [6.45, 7) is 3.55. The number of nitrogens with one attached hydrogen (secondary N) is 2. The molecule has 1 spiro atoms. The van der Waals surface area contributed by atoms with Gasteiger partial charge in [0, 0.05) is 19.0 Å². The fourth-order valence-electron chi connectivity index (χ4n) is 5.81. The number of nitrogens with zero attached hydrogens (tertiary/aromatic N) is 1. The number of halogens is 3. The number of ketones is 1. The number of rotatable bonds is 8. The Balaban J connectivity index is 1.49. The van der Waals surface area contributed by atoms with Gasteiger partial charge >= 0.3 is 6.36 Å². The van der Waals surface area contributed by atoms with E-state index in [0.29, 0.717) is 38.8 Å². The molecule has 9 nitrogen and oxygen atoms in total. The number of amides is 3. The standard InChI is InChI=1S/C25H36F3N3O6/c1-22(2)4-8-24(36,9-5-22)21(35)31-14-23(6-7-23)12-17(31)20(34)30-16(11-15-3-10-29-19(15)33)18(32)13-37-25(26,27)28/h15-17,36H,3-14H2,1-2H3,(H,29,33)(H,30,34)/t15-,16-,17-/m0/s1. The predicted octanol–water partition coefficient (Wildman–Crippen LogP) is 1.82. The zero-order valence-electron chi connectivity index (χ0n) is 21.3. The molecule has 0 radical (unpaired) electrons. The summed E-state index contributed by atoms with van der Waals surface area (Å²) in [7, 11) is 0. The third kappa shape index (κ3) is 6.45. The van der Waals surface area contributed by atoms with Crippen LogP contribution >= 0.6 is 0 Å². The van der Waals surface area contributed by atoms with Crippen molar-refractivity contribution in [3.05, 3.63) is 0 Å². The van der Waals surface area contributed by atoms with E-state index in [4.69, 9.17) is 0 Å². The molecule has 4 aliphatic rings. The highest BCUT2D eigenvalue weighted by molar-refractivity contribution is 5.95. The summed E-state index contributed by atoms with van der Waals surface area (Å²) in [5.41, 5.74) is -1.79. The van der Waals surface area contributed by atoms with Crippen molar-refractivity contribution in [2.75, 3.05) is 19.7 Å². The minimum Gasteiger partial charge on any atom is -0.380 e. The van der Waals surface area contributed by atoms with E-state index in [0.717, 1.165) is 12.8 Å². The van der Waals surface area contributed by atoms with E-state index in [1.165, 1.54) is 4.90 Å². The van der Waals surface area contributed by atoms with Gasteiger partial charge in [-0.3, -0.25) is 23.9 Å². The number of ether oxygens (including phenoxy) is 1. The normalized spacial score (nSPS) is 28.6. The first kappa shape index (κ1) is 27.8. The maximum atomic E-state index is 13.5. The highest BCUT2D eigenvalue weighted by Gasteiger charge is 2.58. The summed E-state index contributed by atoms with van der Waals surface area (Å²) >= 11 is 0. The van der Waals surface area contributed by atoms with Gasteiger partial charge < -0.3 is 20.6 Å². The number of hydrogen-bond donors (Lipinski definition) is 3. The molecule has 3 N–H and O–H groups in total. The largest absolute Gasteiger partial charge is 0.522 e. The number of alkyl halides is 3. The monoisotopic (exact) mass is 531 g/mol. The van der Waals surface area contributed by atoms with Gasteiger partial charge in [-0.2, -0.15) is 0 Å². The molecule has 3 amide bonds. The molecule has 0 aromatic heterocycles. The molecule has 2 heterocycles. The van der Waals surface area contributed by atoms with Crippen LogP contribution in [0, 0.1) is 16.7 Å². The van der Waals surface area contributed by atoms with Gasteiger partial charge in [0.15, 0.2) is 5.78 Å². The molecule has 0 unspecified atom stereocenters. The van der Waals surface area contributed by atoms with Gasteiger partial charge in [-0.05, 0) is 68.6 Å². The van der Waals surface area contributed by atoms with Crippen molar-refractivity contribution in [1.29, 1.82) is 0 Å². The molecule has 3 atom stereocenters. The lowest BCUT2D eigenvalue weighted by Crippen LogP contribution is -2.57. The maximum Gasteiger partial charge on any atom is 0.522 e. The van der Waals surface area contributed by atoms with Crippen LogP contribution in [-0.4, -0.2) is 77.3 Å². The summed E-state index contributed by atoms with van der Waals surface area (Å²) in [5.74, 6) is -3.15. The van der Waals surface area contributed by atoms with Gasteiger partial charge in [0.1, 0.15) is 18.2 Å². The van der Waals surface area contributed by atoms with Gasteiger partial charge in [0.05, 0.1) is 6.04 Å². The average Bonchev–Trinajstić information content (AvgIpc) is 3.28. The minimum atomic E-state index is -5.02. The Hall–Kier alpha value is -2.21. The molecule has 2 aliphatic carbocycles. The molecular formula is C25H36F3N3O6. The van der Waals surface area contributed by atoms with Crippen molar-refractivity contribution >= 4 is 23.5 Å². The van der Waals surface area contributed by atoms with Gasteiger partial charge in [-0.1, -0.05) is 13.8 Å². The molecule has 0 aromatic carbocycles. The Kier molecular flexibility index (Phi) is 7.39. The zero-order valence-corrected chi connectivity index (χ0v) is 21.3. The van der Waals surface area contributed by atoms with E-state index in [-0.39, 0.29) is 36.0 Å². The molecule has 4 rings (SSSR count). The Morgan fingerprint density at radius 1 is 1.16 bits per heavy atom. The van der Waals surface area contributed by atoms with Gasteiger partial charge in [-0.25, -0.2) is 0 Å². The average molecular weight is 532 g/mol. The summed E-state index contributed by atoms with van der Waals surface area (Å²) in [5, 5.41) is 16.4. The number of likely N-dealkylation sites (tertiary alicyclic amines) is 1. The van der Waals surface area contributed by atoms with Crippen LogP contribution in [0.15, 0.2) is 0 Å². The number of aliphatic hydroxyl groups is 1. The molecular weight excluding hydrogens is 495 g/mol. The fourth-order valence-corrected chi connectivity index (χ4v) is 5.81. The van der Waals surface area contributed by atoms with Crippen LogP contribution < -0.4 is 10.6 Å². The Morgan fingerprint density at radius 2 is 1.81 bits per heavy atom. The van der Waals surface area contributed by atoms with Crippen molar-refractivity contribution in [1.82, 2.24) is 15.5 Å².